The Labute approximate surface area is 84.1 Å². The number of hydrogen-bond donors (Lipinski definition) is 2. The molecule has 0 saturated heterocycles. The van der Waals surface area contributed by atoms with E-state index in [2.05, 4.69) is 11.0 Å². The molecule has 0 radical (unpaired) electrons. The minimum Gasteiger partial charge on any atom is -0.399 e. The molecule has 1 aromatic rings. The molecule has 14 heavy (non-hydrogen) atoms. The van der Waals surface area contributed by atoms with Crippen LogP contribution in [0.4, 0.5) is 5.69 Å². The summed E-state index contributed by atoms with van der Waals surface area (Å²) in [6, 6.07) is 6.27. The minimum absolute atomic E-state index is 0.212. The summed E-state index contributed by atoms with van der Waals surface area (Å²) in [6.45, 7) is 4.08. The van der Waals surface area contributed by atoms with Gasteiger partial charge < -0.3 is 10.8 Å². The molecule has 0 aromatic heterocycles. The van der Waals surface area contributed by atoms with Crippen molar-refractivity contribution < 1.29 is 5.11 Å². The molecule has 0 aliphatic carbocycles. The summed E-state index contributed by atoms with van der Waals surface area (Å²) < 4.78 is 0. The molecule has 3 N–H and O–H groups in total. The van der Waals surface area contributed by atoms with Crippen LogP contribution in [0.15, 0.2) is 18.2 Å². The molecular formula is C11H16N2O. The van der Waals surface area contributed by atoms with Gasteiger partial charge in [-0.15, -0.1) is 0 Å². The molecule has 0 saturated carbocycles. The van der Waals surface area contributed by atoms with E-state index in [-0.39, 0.29) is 12.6 Å². The molecule has 2 rings (SSSR count). The zero-order valence-electron chi connectivity index (χ0n) is 8.40. The lowest BCUT2D eigenvalue weighted by Gasteiger charge is -2.21. The molecule has 0 fully saturated rings. The van der Waals surface area contributed by atoms with Crippen LogP contribution in [0.1, 0.15) is 18.1 Å². The van der Waals surface area contributed by atoms with E-state index >= 15 is 0 Å². The van der Waals surface area contributed by atoms with Crippen LogP contribution >= 0.6 is 0 Å². The number of aliphatic hydroxyl groups excluding tert-OH is 1. The highest BCUT2D eigenvalue weighted by Gasteiger charge is 2.22. The van der Waals surface area contributed by atoms with Gasteiger partial charge >= 0.3 is 0 Å². The first-order chi connectivity index (χ1) is 6.70. The number of benzene rings is 1. The molecule has 1 unspecified atom stereocenters. The van der Waals surface area contributed by atoms with Crippen molar-refractivity contribution in [1.82, 2.24) is 4.90 Å². The highest BCUT2D eigenvalue weighted by atomic mass is 16.3. The lowest BCUT2D eigenvalue weighted by Crippen LogP contribution is -2.30. The number of fused-ring (bicyclic) bond motifs is 1. The number of nitrogen functional groups attached to an aromatic ring is 1. The monoisotopic (exact) mass is 192 g/mol. The first-order valence-corrected chi connectivity index (χ1v) is 4.93. The maximum atomic E-state index is 9.06. The zero-order chi connectivity index (χ0) is 10.1. The van der Waals surface area contributed by atoms with Gasteiger partial charge in [0.15, 0.2) is 0 Å². The van der Waals surface area contributed by atoms with Gasteiger partial charge in [0.25, 0.3) is 0 Å². The fourth-order valence-electron chi connectivity index (χ4n) is 1.87. The summed E-state index contributed by atoms with van der Waals surface area (Å²) in [5.41, 5.74) is 9.17. The van der Waals surface area contributed by atoms with Gasteiger partial charge in [0, 0.05) is 24.8 Å². The van der Waals surface area contributed by atoms with Gasteiger partial charge in [-0.2, -0.15) is 0 Å². The summed E-state index contributed by atoms with van der Waals surface area (Å²) in [4.78, 5) is 2.25. The van der Waals surface area contributed by atoms with E-state index in [0.717, 1.165) is 18.8 Å². The van der Waals surface area contributed by atoms with Crippen LogP contribution in [0, 0.1) is 0 Å². The van der Waals surface area contributed by atoms with Crippen molar-refractivity contribution in [2.45, 2.75) is 26.1 Å². The Bertz CT molecular complexity index is 338. The van der Waals surface area contributed by atoms with Crippen molar-refractivity contribution >= 4 is 5.69 Å². The van der Waals surface area contributed by atoms with Gasteiger partial charge in [-0.1, -0.05) is 6.07 Å². The minimum atomic E-state index is 0.212. The van der Waals surface area contributed by atoms with Gasteiger partial charge in [-0.05, 0) is 30.2 Å². The predicted octanol–water partition coefficient (Wildman–Crippen LogP) is 0.965. The second kappa shape index (κ2) is 3.59. The SMILES string of the molecule is CC(CO)N1Cc2ccc(N)cc2C1. The highest BCUT2D eigenvalue weighted by Crippen LogP contribution is 2.25. The van der Waals surface area contributed by atoms with E-state index in [9.17, 15) is 0 Å². The van der Waals surface area contributed by atoms with Crippen LogP contribution in [-0.4, -0.2) is 22.7 Å². The number of anilines is 1. The van der Waals surface area contributed by atoms with E-state index in [4.69, 9.17) is 10.8 Å². The number of hydrogen-bond acceptors (Lipinski definition) is 3. The molecule has 1 heterocycles. The molecule has 1 aliphatic heterocycles. The second-order valence-corrected chi connectivity index (χ2v) is 3.96. The lowest BCUT2D eigenvalue weighted by atomic mass is 10.1. The van der Waals surface area contributed by atoms with E-state index < -0.39 is 0 Å². The summed E-state index contributed by atoms with van der Waals surface area (Å²) >= 11 is 0. The molecule has 1 aliphatic rings. The highest BCUT2D eigenvalue weighted by molar-refractivity contribution is 5.46. The van der Waals surface area contributed by atoms with Crippen molar-refractivity contribution in [3.05, 3.63) is 29.3 Å². The van der Waals surface area contributed by atoms with Crippen molar-refractivity contribution in [1.29, 1.82) is 0 Å². The second-order valence-electron chi connectivity index (χ2n) is 3.96. The Hall–Kier alpha value is -1.06. The Morgan fingerprint density at radius 2 is 2.14 bits per heavy atom. The average Bonchev–Trinajstić information content (AvgIpc) is 2.59. The van der Waals surface area contributed by atoms with Crippen molar-refractivity contribution in [2.24, 2.45) is 0 Å². The average molecular weight is 192 g/mol. The number of nitrogens with two attached hydrogens (primary N) is 1. The Morgan fingerprint density at radius 3 is 2.86 bits per heavy atom. The fourth-order valence-corrected chi connectivity index (χ4v) is 1.87. The predicted molar refractivity (Wildman–Crippen MR) is 56.6 cm³/mol. The third kappa shape index (κ3) is 1.61. The van der Waals surface area contributed by atoms with Crippen molar-refractivity contribution in [3.8, 4) is 0 Å². The number of nitrogens with zero attached hydrogens (tertiary/aromatic N) is 1. The van der Waals surface area contributed by atoms with Crippen LogP contribution in [-0.2, 0) is 13.1 Å². The van der Waals surface area contributed by atoms with Gasteiger partial charge in [0.05, 0.1) is 6.61 Å². The summed E-state index contributed by atoms with van der Waals surface area (Å²) in [5, 5.41) is 9.06. The largest absolute Gasteiger partial charge is 0.399 e. The van der Waals surface area contributed by atoms with E-state index in [1.807, 2.05) is 19.1 Å². The summed E-state index contributed by atoms with van der Waals surface area (Å²) in [7, 11) is 0. The molecule has 0 amide bonds. The fraction of sp³-hybridized carbons (Fsp3) is 0.455. The van der Waals surface area contributed by atoms with Gasteiger partial charge in [0.1, 0.15) is 0 Å². The third-order valence-corrected chi connectivity index (χ3v) is 2.86. The Kier molecular flexibility index (Phi) is 2.44. The van der Waals surface area contributed by atoms with Crippen molar-refractivity contribution in [2.75, 3.05) is 12.3 Å². The van der Waals surface area contributed by atoms with E-state index in [1.165, 1.54) is 11.1 Å². The Morgan fingerprint density at radius 1 is 1.43 bits per heavy atom. The van der Waals surface area contributed by atoms with Crippen molar-refractivity contribution in [3.63, 3.8) is 0 Å². The van der Waals surface area contributed by atoms with E-state index in [1.54, 1.807) is 0 Å². The molecule has 0 spiro atoms. The van der Waals surface area contributed by atoms with Gasteiger partial charge in [-0.3, -0.25) is 4.90 Å². The van der Waals surface area contributed by atoms with Gasteiger partial charge in [-0.25, -0.2) is 0 Å². The van der Waals surface area contributed by atoms with Gasteiger partial charge in [0.2, 0.25) is 0 Å². The molecule has 3 heteroatoms. The normalized spacial score (nSPS) is 18.1. The third-order valence-electron chi connectivity index (χ3n) is 2.86. The number of aliphatic hydroxyl groups is 1. The van der Waals surface area contributed by atoms with Crippen LogP contribution in [0.3, 0.4) is 0 Å². The van der Waals surface area contributed by atoms with Crippen LogP contribution in [0.25, 0.3) is 0 Å². The van der Waals surface area contributed by atoms with Crippen LogP contribution in [0.2, 0.25) is 0 Å². The zero-order valence-corrected chi connectivity index (χ0v) is 8.40. The quantitative estimate of drug-likeness (QED) is 0.686. The molecule has 1 aromatic carbocycles. The Balaban J connectivity index is 2.17. The maximum absolute atomic E-state index is 9.06. The standard InChI is InChI=1S/C11H16N2O/c1-8(7-14)13-5-9-2-3-11(12)4-10(9)6-13/h2-4,8,14H,5-7,12H2,1H3. The van der Waals surface area contributed by atoms with E-state index in [0.29, 0.717) is 0 Å². The summed E-state index contributed by atoms with van der Waals surface area (Å²) in [5.74, 6) is 0. The molecule has 1 atom stereocenters. The molecular weight excluding hydrogens is 176 g/mol. The summed E-state index contributed by atoms with van der Waals surface area (Å²) in [6.07, 6.45) is 0. The first kappa shape index (κ1) is 9.49. The van der Waals surface area contributed by atoms with Crippen LogP contribution < -0.4 is 5.73 Å². The lowest BCUT2D eigenvalue weighted by molar-refractivity contribution is 0.134. The topological polar surface area (TPSA) is 49.5 Å². The maximum Gasteiger partial charge on any atom is 0.0584 e. The van der Waals surface area contributed by atoms with Crippen LogP contribution in [0.5, 0.6) is 0 Å². The molecule has 3 nitrogen and oxygen atoms in total. The smallest absolute Gasteiger partial charge is 0.0584 e. The number of rotatable bonds is 2. The molecule has 0 bridgehead atoms. The molecule has 76 valence electrons. The first-order valence-electron chi connectivity index (χ1n) is 4.93.